The monoisotopic (exact) mass is 251 g/mol. The molecule has 0 aliphatic carbocycles. The number of benzene rings is 1. The van der Waals surface area contributed by atoms with Gasteiger partial charge in [-0.2, -0.15) is 0 Å². The average Bonchev–Trinajstić information content (AvgIpc) is 2.39. The Morgan fingerprint density at radius 2 is 2.06 bits per heavy atom. The van der Waals surface area contributed by atoms with Crippen LogP contribution in [0.5, 0.6) is 0 Å². The highest BCUT2D eigenvalue weighted by atomic mass is 19.1. The first kappa shape index (κ1) is 13.0. The second kappa shape index (κ2) is 5.48. The van der Waals surface area contributed by atoms with E-state index in [9.17, 15) is 9.18 Å². The number of piperidine rings is 1. The highest BCUT2D eigenvalue weighted by Crippen LogP contribution is 2.33. The van der Waals surface area contributed by atoms with Gasteiger partial charge in [0.25, 0.3) is 0 Å². The smallest absolute Gasteiger partial charge is 0.310 e. The molecule has 0 bridgehead atoms. The predicted molar refractivity (Wildman–Crippen MR) is 66.8 cm³/mol. The SMILES string of the molecule is COC(=O)[C@H]1CN(C)CCC1c1ccc(F)cc1. The van der Waals surface area contributed by atoms with E-state index in [0.717, 1.165) is 18.5 Å². The molecule has 0 N–H and O–H groups in total. The molecule has 1 saturated heterocycles. The third-order valence-electron chi connectivity index (χ3n) is 3.62. The quantitative estimate of drug-likeness (QED) is 0.753. The Bertz CT molecular complexity index is 418. The maximum Gasteiger partial charge on any atom is 0.310 e. The van der Waals surface area contributed by atoms with Crippen LogP contribution in [-0.4, -0.2) is 38.1 Å². The van der Waals surface area contributed by atoms with Crippen LogP contribution in [0.4, 0.5) is 4.39 Å². The molecule has 0 amide bonds. The van der Waals surface area contributed by atoms with Crippen LogP contribution in [0, 0.1) is 11.7 Å². The number of ether oxygens (including phenoxy) is 1. The van der Waals surface area contributed by atoms with Gasteiger partial charge in [-0.3, -0.25) is 4.79 Å². The Morgan fingerprint density at radius 1 is 1.39 bits per heavy atom. The number of esters is 1. The predicted octanol–water partition coefficient (Wildman–Crippen LogP) is 2.03. The molecule has 1 heterocycles. The molecule has 2 atom stereocenters. The van der Waals surface area contributed by atoms with Crippen LogP contribution in [0.3, 0.4) is 0 Å². The van der Waals surface area contributed by atoms with Crippen molar-refractivity contribution in [3.8, 4) is 0 Å². The number of halogens is 1. The normalized spacial score (nSPS) is 24.8. The van der Waals surface area contributed by atoms with E-state index in [1.165, 1.54) is 19.2 Å². The van der Waals surface area contributed by atoms with E-state index in [1.54, 1.807) is 12.1 Å². The first-order chi connectivity index (χ1) is 8.61. The Labute approximate surface area is 107 Å². The zero-order chi connectivity index (χ0) is 13.1. The van der Waals surface area contributed by atoms with Crippen LogP contribution in [0.15, 0.2) is 24.3 Å². The summed E-state index contributed by atoms with van der Waals surface area (Å²) in [5, 5.41) is 0. The minimum atomic E-state index is -0.249. The van der Waals surface area contributed by atoms with Crippen molar-refractivity contribution in [3.05, 3.63) is 35.6 Å². The molecule has 1 aromatic carbocycles. The van der Waals surface area contributed by atoms with Gasteiger partial charge in [-0.15, -0.1) is 0 Å². The number of likely N-dealkylation sites (tertiary alicyclic amines) is 1. The van der Waals surface area contributed by atoms with Gasteiger partial charge in [-0.1, -0.05) is 12.1 Å². The number of nitrogens with zero attached hydrogens (tertiary/aromatic N) is 1. The van der Waals surface area contributed by atoms with Crippen LogP contribution >= 0.6 is 0 Å². The van der Waals surface area contributed by atoms with Crippen molar-refractivity contribution in [3.63, 3.8) is 0 Å². The fourth-order valence-corrected chi connectivity index (χ4v) is 2.61. The average molecular weight is 251 g/mol. The van der Waals surface area contributed by atoms with Gasteiger partial charge in [0.05, 0.1) is 13.0 Å². The summed E-state index contributed by atoms with van der Waals surface area (Å²) < 4.78 is 17.8. The van der Waals surface area contributed by atoms with Crippen molar-refractivity contribution in [1.29, 1.82) is 0 Å². The van der Waals surface area contributed by atoms with Crippen LogP contribution in [0.25, 0.3) is 0 Å². The molecular weight excluding hydrogens is 233 g/mol. The molecular formula is C14H18FNO2. The third kappa shape index (κ3) is 2.70. The van der Waals surface area contributed by atoms with Gasteiger partial charge < -0.3 is 9.64 Å². The second-order valence-corrected chi connectivity index (χ2v) is 4.84. The summed E-state index contributed by atoms with van der Waals surface area (Å²) in [5.74, 6) is -0.481. The molecule has 0 spiro atoms. The van der Waals surface area contributed by atoms with Gasteiger partial charge in [-0.05, 0) is 43.6 Å². The zero-order valence-electron chi connectivity index (χ0n) is 10.7. The lowest BCUT2D eigenvalue weighted by molar-refractivity contribution is -0.148. The van der Waals surface area contributed by atoms with Crippen LogP contribution in [0.1, 0.15) is 17.9 Å². The second-order valence-electron chi connectivity index (χ2n) is 4.84. The maximum absolute atomic E-state index is 12.9. The van der Waals surface area contributed by atoms with Crippen LogP contribution < -0.4 is 0 Å². The molecule has 0 saturated carbocycles. The number of methoxy groups -OCH3 is 1. The van der Waals surface area contributed by atoms with Crippen molar-refractivity contribution in [2.75, 3.05) is 27.2 Å². The lowest BCUT2D eigenvalue weighted by Crippen LogP contribution is -2.41. The lowest BCUT2D eigenvalue weighted by Gasteiger charge is -2.35. The summed E-state index contributed by atoms with van der Waals surface area (Å²) in [6.45, 7) is 1.63. The first-order valence-electron chi connectivity index (χ1n) is 6.13. The molecule has 1 aliphatic heterocycles. The molecule has 1 unspecified atom stereocenters. The number of hydrogen-bond acceptors (Lipinski definition) is 3. The molecule has 1 fully saturated rings. The molecule has 2 rings (SSSR count). The van der Waals surface area contributed by atoms with Crippen molar-refractivity contribution in [1.82, 2.24) is 4.90 Å². The van der Waals surface area contributed by atoms with Gasteiger partial charge in [0.15, 0.2) is 0 Å². The molecule has 1 aliphatic rings. The molecule has 4 heteroatoms. The van der Waals surface area contributed by atoms with E-state index in [0.29, 0.717) is 6.54 Å². The van der Waals surface area contributed by atoms with Gasteiger partial charge in [-0.25, -0.2) is 4.39 Å². The van der Waals surface area contributed by atoms with Crippen LogP contribution in [-0.2, 0) is 9.53 Å². The number of carbonyl (C=O) groups is 1. The van der Waals surface area contributed by atoms with E-state index in [2.05, 4.69) is 4.90 Å². The van der Waals surface area contributed by atoms with Gasteiger partial charge in [0.1, 0.15) is 5.82 Å². The highest BCUT2D eigenvalue weighted by molar-refractivity contribution is 5.74. The topological polar surface area (TPSA) is 29.5 Å². The van der Waals surface area contributed by atoms with Gasteiger partial charge in [0.2, 0.25) is 0 Å². The van der Waals surface area contributed by atoms with Crippen molar-refractivity contribution in [2.45, 2.75) is 12.3 Å². The molecule has 3 nitrogen and oxygen atoms in total. The lowest BCUT2D eigenvalue weighted by atomic mass is 9.80. The number of carbonyl (C=O) groups excluding carboxylic acids is 1. The summed E-state index contributed by atoms with van der Waals surface area (Å²) >= 11 is 0. The van der Waals surface area contributed by atoms with Crippen molar-refractivity contribution >= 4 is 5.97 Å². The van der Waals surface area contributed by atoms with E-state index in [4.69, 9.17) is 4.74 Å². The minimum Gasteiger partial charge on any atom is -0.469 e. The summed E-state index contributed by atoms with van der Waals surface area (Å²) in [6.07, 6.45) is 0.891. The fraction of sp³-hybridized carbons (Fsp3) is 0.500. The third-order valence-corrected chi connectivity index (χ3v) is 3.62. The van der Waals surface area contributed by atoms with E-state index < -0.39 is 0 Å². The van der Waals surface area contributed by atoms with Crippen molar-refractivity contribution < 1.29 is 13.9 Å². The summed E-state index contributed by atoms with van der Waals surface area (Å²) in [4.78, 5) is 14.0. The number of rotatable bonds is 2. The Balaban J connectivity index is 2.23. The van der Waals surface area contributed by atoms with Crippen LogP contribution in [0.2, 0.25) is 0 Å². The van der Waals surface area contributed by atoms with Gasteiger partial charge in [0, 0.05) is 6.54 Å². The van der Waals surface area contributed by atoms with Gasteiger partial charge >= 0.3 is 5.97 Å². The molecule has 18 heavy (non-hydrogen) atoms. The molecule has 0 radical (unpaired) electrons. The number of hydrogen-bond donors (Lipinski definition) is 0. The van der Waals surface area contributed by atoms with E-state index in [1.807, 2.05) is 7.05 Å². The maximum atomic E-state index is 12.9. The molecule has 1 aromatic rings. The van der Waals surface area contributed by atoms with Crippen molar-refractivity contribution in [2.24, 2.45) is 5.92 Å². The first-order valence-corrected chi connectivity index (χ1v) is 6.13. The van der Waals surface area contributed by atoms with E-state index >= 15 is 0 Å². The minimum absolute atomic E-state index is 0.120. The Hall–Kier alpha value is -1.42. The fourth-order valence-electron chi connectivity index (χ4n) is 2.61. The Morgan fingerprint density at radius 3 is 2.67 bits per heavy atom. The largest absolute Gasteiger partial charge is 0.469 e. The summed E-state index contributed by atoms with van der Waals surface area (Å²) in [6, 6.07) is 6.42. The standard InChI is InChI=1S/C14H18FNO2/c1-16-8-7-12(13(9-16)14(17)18-2)10-3-5-11(15)6-4-10/h3-6,12-13H,7-9H2,1-2H3/t12?,13-/m0/s1. The summed E-state index contributed by atoms with van der Waals surface area (Å²) in [7, 11) is 3.41. The summed E-state index contributed by atoms with van der Waals surface area (Å²) in [5.41, 5.74) is 1.01. The molecule has 0 aromatic heterocycles. The highest BCUT2D eigenvalue weighted by Gasteiger charge is 2.34. The molecule has 98 valence electrons. The van der Waals surface area contributed by atoms with E-state index in [-0.39, 0.29) is 23.6 Å². The zero-order valence-corrected chi connectivity index (χ0v) is 10.7. The Kier molecular flexibility index (Phi) is 3.97.